The van der Waals surface area contributed by atoms with E-state index in [1.165, 1.54) is 19.1 Å². The zero-order valence-electron chi connectivity index (χ0n) is 13.4. The molecule has 0 saturated heterocycles. The molecule has 122 valence electrons. The lowest BCUT2D eigenvalue weighted by atomic mass is 9.64. The van der Waals surface area contributed by atoms with E-state index in [-0.39, 0.29) is 18.2 Å². The molecule has 1 aliphatic heterocycles. The molecule has 0 radical (unpaired) electrons. The molecule has 0 saturated carbocycles. The second kappa shape index (κ2) is 6.37. The lowest BCUT2D eigenvalue weighted by Gasteiger charge is -2.11. The summed E-state index contributed by atoms with van der Waals surface area (Å²) in [4.78, 5) is 22.6. The number of rotatable bonds is 4. The van der Waals surface area contributed by atoms with Gasteiger partial charge in [-0.1, -0.05) is 12.9 Å². The molecule has 7 heteroatoms. The number of primary amides is 1. The number of amides is 1. The van der Waals surface area contributed by atoms with Crippen LogP contribution in [0.3, 0.4) is 0 Å². The molecule has 0 aromatic heterocycles. The van der Waals surface area contributed by atoms with Crippen molar-refractivity contribution in [2.75, 3.05) is 0 Å². The third-order valence-corrected chi connectivity index (χ3v) is 3.75. The summed E-state index contributed by atoms with van der Waals surface area (Å²) in [5, 5.41) is 0. The molecule has 0 aliphatic carbocycles. The zero-order chi connectivity index (χ0) is 17.3. The predicted molar refractivity (Wildman–Crippen MR) is 88.8 cm³/mol. The third kappa shape index (κ3) is 3.26. The van der Waals surface area contributed by atoms with Crippen LogP contribution in [-0.4, -0.2) is 18.8 Å². The molecular formula is C17H16BNO5. The average Bonchev–Trinajstić information content (AvgIpc) is 2.87. The van der Waals surface area contributed by atoms with Crippen molar-refractivity contribution in [2.24, 2.45) is 5.73 Å². The summed E-state index contributed by atoms with van der Waals surface area (Å²) in [5.74, 6) is -0.0828. The van der Waals surface area contributed by atoms with Gasteiger partial charge < -0.3 is 19.9 Å². The van der Waals surface area contributed by atoms with Gasteiger partial charge in [-0.15, -0.1) is 0 Å². The van der Waals surface area contributed by atoms with Gasteiger partial charge in [0.15, 0.2) is 0 Å². The maximum Gasteiger partial charge on any atom is 0.324 e. The van der Waals surface area contributed by atoms with E-state index < -0.39 is 11.9 Å². The van der Waals surface area contributed by atoms with Crippen LogP contribution in [0.5, 0.6) is 17.2 Å². The Labute approximate surface area is 139 Å². The Morgan fingerprint density at radius 3 is 2.58 bits per heavy atom. The smallest absolute Gasteiger partial charge is 0.324 e. The van der Waals surface area contributed by atoms with Gasteiger partial charge in [-0.3, -0.25) is 9.59 Å². The largest absolute Gasteiger partial charge is 0.457 e. The third-order valence-electron chi connectivity index (χ3n) is 3.75. The molecule has 0 spiro atoms. The number of nitrogens with two attached hydrogens (primary N) is 1. The molecule has 2 N–H and O–H groups in total. The van der Waals surface area contributed by atoms with Crippen molar-refractivity contribution in [2.45, 2.75) is 20.4 Å². The van der Waals surface area contributed by atoms with Crippen molar-refractivity contribution in [3.63, 3.8) is 0 Å². The molecular weight excluding hydrogens is 309 g/mol. The van der Waals surface area contributed by atoms with E-state index in [2.05, 4.69) is 0 Å². The first-order valence-corrected chi connectivity index (χ1v) is 7.48. The molecule has 24 heavy (non-hydrogen) atoms. The van der Waals surface area contributed by atoms with Crippen molar-refractivity contribution in [1.29, 1.82) is 0 Å². The molecule has 2 aromatic rings. The number of carbonyl (C=O) groups is 2. The van der Waals surface area contributed by atoms with Crippen molar-refractivity contribution in [3.8, 4) is 17.2 Å². The fourth-order valence-corrected chi connectivity index (χ4v) is 2.62. The van der Waals surface area contributed by atoms with Gasteiger partial charge in [0.05, 0.1) is 12.2 Å². The molecule has 2 aromatic carbocycles. The van der Waals surface area contributed by atoms with Crippen LogP contribution >= 0.6 is 0 Å². The number of esters is 1. The Bertz CT molecular complexity index is 821. The van der Waals surface area contributed by atoms with Gasteiger partial charge in [0.1, 0.15) is 17.2 Å². The molecule has 6 nitrogen and oxygen atoms in total. The Morgan fingerprint density at radius 2 is 1.88 bits per heavy atom. The normalized spacial score (nSPS) is 12.7. The fourth-order valence-electron chi connectivity index (χ4n) is 2.62. The highest BCUT2D eigenvalue weighted by Crippen LogP contribution is 2.29. The monoisotopic (exact) mass is 325 g/mol. The van der Waals surface area contributed by atoms with E-state index in [4.69, 9.17) is 19.9 Å². The van der Waals surface area contributed by atoms with Crippen LogP contribution in [0.25, 0.3) is 0 Å². The summed E-state index contributed by atoms with van der Waals surface area (Å²) in [5.41, 5.74) is 7.62. The van der Waals surface area contributed by atoms with Crippen LogP contribution in [0, 0.1) is 0 Å². The lowest BCUT2D eigenvalue weighted by molar-refractivity contribution is -0.131. The Hall–Kier alpha value is -2.80. The SMILES string of the molecule is CB1OCc2cc(Oc3ccc(C(N)=O)c(OC(C)=O)c3)ccc21. The standard InChI is InChI=1S/C17H16BNO5/c1-10(20)23-16-8-13(3-5-14(16)17(19)21)24-12-4-6-15-11(7-12)9-22-18(15)2/h3-8H,9H2,1-2H3,(H2,19,21). The van der Waals surface area contributed by atoms with Crippen LogP contribution in [0.15, 0.2) is 36.4 Å². The first-order valence-electron chi connectivity index (χ1n) is 7.48. The molecule has 3 rings (SSSR count). The van der Waals surface area contributed by atoms with Crippen molar-refractivity contribution < 1.29 is 23.7 Å². The van der Waals surface area contributed by atoms with Crippen LogP contribution in [0.2, 0.25) is 6.82 Å². The van der Waals surface area contributed by atoms with Gasteiger partial charge in [0.2, 0.25) is 0 Å². The van der Waals surface area contributed by atoms with E-state index in [1.54, 1.807) is 6.07 Å². The number of ether oxygens (including phenoxy) is 2. The quantitative estimate of drug-likeness (QED) is 0.527. The van der Waals surface area contributed by atoms with Gasteiger partial charge in [0.25, 0.3) is 5.91 Å². The first-order chi connectivity index (χ1) is 11.4. The van der Waals surface area contributed by atoms with E-state index in [0.29, 0.717) is 18.1 Å². The van der Waals surface area contributed by atoms with Crippen molar-refractivity contribution in [1.82, 2.24) is 0 Å². The summed E-state index contributed by atoms with van der Waals surface area (Å²) >= 11 is 0. The zero-order valence-corrected chi connectivity index (χ0v) is 13.4. The van der Waals surface area contributed by atoms with Crippen LogP contribution < -0.4 is 20.7 Å². The molecule has 0 fully saturated rings. The first kappa shape index (κ1) is 16.1. The minimum Gasteiger partial charge on any atom is -0.457 e. The molecule has 0 atom stereocenters. The highest BCUT2D eigenvalue weighted by atomic mass is 16.5. The summed E-state index contributed by atoms with van der Waals surface area (Å²) in [6.07, 6.45) is 0. The number of hydrogen-bond acceptors (Lipinski definition) is 5. The van der Waals surface area contributed by atoms with Gasteiger partial charge >= 0.3 is 12.9 Å². The van der Waals surface area contributed by atoms with Crippen LogP contribution in [0.1, 0.15) is 22.8 Å². The summed E-state index contributed by atoms with van der Waals surface area (Å²) in [7, 11) is 0. The molecule has 0 unspecified atom stereocenters. The average molecular weight is 325 g/mol. The van der Waals surface area contributed by atoms with Crippen LogP contribution in [-0.2, 0) is 16.1 Å². The van der Waals surface area contributed by atoms with E-state index in [0.717, 1.165) is 11.0 Å². The Balaban J connectivity index is 1.87. The number of fused-ring (bicyclic) bond motifs is 1. The van der Waals surface area contributed by atoms with Crippen molar-refractivity contribution >= 4 is 24.3 Å². The van der Waals surface area contributed by atoms with E-state index >= 15 is 0 Å². The number of carbonyl (C=O) groups excluding carboxylic acids is 2. The topological polar surface area (TPSA) is 87.8 Å². The van der Waals surface area contributed by atoms with E-state index in [1.807, 2.05) is 25.0 Å². The number of benzene rings is 2. The molecule has 1 amide bonds. The minimum atomic E-state index is -0.679. The summed E-state index contributed by atoms with van der Waals surface area (Å²) in [6, 6.07) is 10.2. The van der Waals surface area contributed by atoms with Gasteiger partial charge in [-0.2, -0.15) is 0 Å². The van der Waals surface area contributed by atoms with Gasteiger partial charge in [-0.25, -0.2) is 0 Å². The second-order valence-corrected chi connectivity index (χ2v) is 5.53. The Morgan fingerprint density at radius 1 is 1.17 bits per heavy atom. The highest BCUT2D eigenvalue weighted by Gasteiger charge is 2.23. The van der Waals surface area contributed by atoms with Crippen LogP contribution in [0.4, 0.5) is 0 Å². The minimum absolute atomic E-state index is 0.0746. The molecule has 0 bridgehead atoms. The van der Waals surface area contributed by atoms with Gasteiger partial charge in [-0.05, 0) is 35.3 Å². The second-order valence-electron chi connectivity index (χ2n) is 5.53. The van der Waals surface area contributed by atoms with Crippen molar-refractivity contribution in [3.05, 3.63) is 47.5 Å². The summed E-state index contributed by atoms with van der Waals surface area (Å²) < 4.78 is 16.4. The fraction of sp³-hybridized carbons (Fsp3) is 0.176. The Kier molecular flexibility index (Phi) is 4.27. The van der Waals surface area contributed by atoms with E-state index in [9.17, 15) is 9.59 Å². The maximum atomic E-state index is 11.4. The van der Waals surface area contributed by atoms with Gasteiger partial charge in [0, 0.05) is 13.0 Å². The maximum absolute atomic E-state index is 11.4. The number of hydrogen-bond donors (Lipinski definition) is 1. The summed E-state index contributed by atoms with van der Waals surface area (Å²) in [6.45, 7) is 3.88. The highest BCUT2D eigenvalue weighted by molar-refractivity contribution is 6.67. The molecule has 1 aliphatic rings. The lowest BCUT2D eigenvalue weighted by Crippen LogP contribution is -2.23. The predicted octanol–water partition coefficient (Wildman–Crippen LogP) is 1.86. The molecule has 1 heterocycles.